The van der Waals surface area contributed by atoms with Gasteiger partial charge in [-0.2, -0.15) is 0 Å². The van der Waals surface area contributed by atoms with Crippen LogP contribution in [0, 0.1) is 28.6 Å². The van der Waals surface area contributed by atoms with Gasteiger partial charge in [0, 0.05) is 11.8 Å². The molecule has 1 heterocycles. The average molecular weight is 348 g/mol. The summed E-state index contributed by atoms with van der Waals surface area (Å²) in [5, 5.41) is 31.8. The van der Waals surface area contributed by atoms with E-state index in [2.05, 4.69) is 6.58 Å². The van der Waals surface area contributed by atoms with Gasteiger partial charge in [-0.15, -0.1) is 0 Å². The second-order valence-electron chi connectivity index (χ2n) is 9.33. The summed E-state index contributed by atoms with van der Waals surface area (Å²) < 4.78 is 5.99. The summed E-state index contributed by atoms with van der Waals surface area (Å²) in [5.74, 6) is -2.61. The van der Waals surface area contributed by atoms with E-state index in [4.69, 9.17) is 4.74 Å². The van der Waals surface area contributed by atoms with Gasteiger partial charge in [-0.05, 0) is 56.4 Å². The van der Waals surface area contributed by atoms with Crippen LogP contribution in [0.15, 0.2) is 12.2 Å². The molecule has 5 aliphatic rings. The average Bonchev–Trinajstić information content (AvgIpc) is 2.93. The van der Waals surface area contributed by atoms with E-state index in [1.807, 2.05) is 6.92 Å². The van der Waals surface area contributed by atoms with Crippen molar-refractivity contribution >= 4 is 11.9 Å². The van der Waals surface area contributed by atoms with Gasteiger partial charge in [0.15, 0.2) is 0 Å². The zero-order valence-electron chi connectivity index (χ0n) is 14.3. The van der Waals surface area contributed by atoms with E-state index in [9.17, 15) is 24.9 Å². The maximum atomic E-state index is 12.7. The molecule has 4 saturated carbocycles. The van der Waals surface area contributed by atoms with Crippen molar-refractivity contribution in [2.75, 3.05) is 0 Å². The molecule has 1 aliphatic heterocycles. The molecule has 6 heteroatoms. The first-order valence-electron chi connectivity index (χ1n) is 9.17. The number of rotatable bonds is 1. The highest BCUT2D eigenvalue weighted by molar-refractivity contribution is 5.84. The van der Waals surface area contributed by atoms with Crippen LogP contribution in [0.25, 0.3) is 0 Å². The van der Waals surface area contributed by atoms with Gasteiger partial charge in [0.05, 0.1) is 17.4 Å². The number of carboxylic acid groups (broad SMARTS) is 1. The Morgan fingerprint density at radius 1 is 1.36 bits per heavy atom. The van der Waals surface area contributed by atoms with Crippen LogP contribution in [0.5, 0.6) is 0 Å². The van der Waals surface area contributed by atoms with Gasteiger partial charge in [-0.1, -0.05) is 6.58 Å². The van der Waals surface area contributed by atoms with Gasteiger partial charge in [0.2, 0.25) is 0 Å². The largest absolute Gasteiger partial charge is 0.481 e. The Morgan fingerprint density at radius 3 is 2.76 bits per heavy atom. The predicted molar refractivity (Wildman–Crippen MR) is 85.3 cm³/mol. The first kappa shape index (κ1) is 15.8. The second-order valence-corrected chi connectivity index (χ2v) is 9.33. The minimum absolute atomic E-state index is 0.202. The molecule has 1 saturated heterocycles. The molecule has 0 amide bonds. The molecule has 5 rings (SSSR count). The number of ether oxygens (including phenoxy) is 1. The molecule has 8 atom stereocenters. The first-order chi connectivity index (χ1) is 11.6. The minimum atomic E-state index is -1.42. The van der Waals surface area contributed by atoms with Crippen LogP contribution < -0.4 is 0 Å². The molecular weight excluding hydrogens is 324 g/mol. The summed E-state index contributed by atoms with van der Waals surface area (Å²) in [7, 11) is 0. The van der Waals surface area contributed by atoms with E-state index in [1.54, 1.807) is 0 Å². The number of aliphatic carboxylic acids is 1. The molecule has 136 valence electrons. The van der Waals surface area contributed by atoms with Gasteiger partial charge in [-0.3, -0.25) is 9.59 Å². The minimum Gasteiger partial charge on any atom is -0.481 e. The molecule has 4 bridgehead atoms. The maximum absolute atomic E-state index is 12.7. The van der Waals surface area contributed by atoms with Crippen molar-refractivity contribution in [3.63, 3.8) is 0 Å². The maximum Gasteiger partial charge on any atom is 0.312 e. The summed E-state index contributed by atoms with van der Waals surface area (Å²) in [5.41, 5.74) is -3.19. The van der Waals surface area contributed by atoms with Gasteiger partial charge < -0.3 is 20.1 Å². The number of fused-ring (bicyclic) bond motifs is 1. The third kappa shape index (κ3) is 1.41. The van der Waals surface area contributed by atoms with Crippen molar-refractivity contribution in [3.8, 4) is 0 Å². The summed E-state index contributed by atoms with van der Waals surface area (Å²) in [6.07, 6.45) is 1.96. The number of carbonyl (C=O) groups excluding carboxylic acids is 1. The molecule has 0 aromatic rings. The lowest BCUT2D eigenvalue weighted by atomic mass is 9.60. The first-order valence-corrected chi connectivity index (χ1v) is 9.17. The molecule has 3 N–H and O–H groups in total. The van der Waals surface area contributed by atoms with Crippen LogP contribution in [0.2, 0.25) is 0 Å². The van der Waals surface area contributed by atoms with Crippen molar-refractivity contribution < 1.29 is 29.6 Å². The third-order valence-electron chi connectivity index (χ3n) is 8.49. The molecular formula is C19H24O6. The van der Waals surface area contributed by atoms with Crippen LogP contribution in [-0.4, -0.2) is 44.6 Å². The van der Waals surface area contributed by atoms with Gasteiger partial charge in [-0.25, -0.2) is 0 Å². The van der Waals surface area contributed by atoms with Crippen molar-refractivity contribution in [3.05, 3.63) is 12.2 Å². The van der Waals surface area contributed by atoms with E-state index in [0.717, 1.165) is 6.42 Å². The van der Waals surface area contributed by atoms with Crippen LogP contribution in [0.1, 0.15) is 45.4 Å². The van der Waals surface area contributed by atoms with Gasteiger partial charge in [0.25, 0.3) is 0 Å². The summed E-state index contributed by atoms with van der Waals surface area (Å²) in [6, 6.07) is 0. The highest BCUT2D eigenvalue weighted by atomic mass is 16.6. The summed E-state index contributed by atoms with van der Waals surface area (Å²) >= 11 is 0. The van der Waals surface area contributed by atoms with Crippen molar-refractivity contribution in [2.45, 2.75) is 62.8 Å². The molecule has 0 unspecified atom stereocenters. The highest BCUT2D eigenvalue weighted by Crippen LogP contribution is 2.78. The SMILES string of the molecule is C=C1C[C@]23C[C@@]1(O)[C@@H](O)C[C@H]2[C@@]12CCC[C@@](C)(C(=O)O1)[C@H]2[C@@H]3C(=O)O. The van der Waals surface area contributed by atoms with Crippen LogP contribution >= 0.6 is 0 Å². The standard InChI is InChI=1S/C19H24O6/c1-9-7-17-8-18(9,24)11(20)6-10(17)19-5-3-4-16(2,15(23)25-19)13(19)12(17)14(21)22/h10-13,20,24H,1,3-8H2,2H3,(H,21,22)/t10-,11+,12-,13-,16-,17+,18+,19-/m1/s1. The number of carbonyl (C=O) groups is 2. The topological polar surface area (TPSA) is 104 Å². The van der Waals surface area contributed by atoms with Gasteiger partial charge in [0.1, 0.15) is 11.2 Å². The zero-order chi connectivity index (χ0) is 18.0. The fraction of sp³-hybridized carbons (Fsp3) is 0.789. The number of aliphatic hydroxyl groups is 2. The number of esters is 1. The normalized spacial score (nSPS) is 58.7. The summed E-state index contributed by atoms with van der Waals surface area (Å²) in [6.45, 7) is 5.81. The lowest BCUT2D eigenvalue weighted by Gasteiger charge is -2.47. The highest BCUT2D eigenvalue weighted by Gasteiger charge is 2.83. The molecule has 25 heavy (non-hydrogen) atoms. The lowest BCUT2D eigenvalue weighted by molar-refractivity contribution is -0.171. The fourth-order valence-electron chi connectivity index (χ4n) is 7.66. The van der Waals surface area contributed by atoms with E-state index in [1.165, 1.54) is 0 Å². The van der Waals surface area contributed by atoms with Crippen LogP contribution in [0.3, 0.4) is 0 Å². The Hall–Kier alpha value is -1.40. The van der Waals surface area contributed by atoms with E-state index in [-0.39, 0.29) is 24.7 Å². The Bertz CT molecular complexity index is 731. The van der Waals surface area contributed by atoms with Crippen LogP contribution in [0.4, 0.5) is 0 Å². The van der Waals surface area contributed by atoms with E-state index in [0.29, 0.717) is 24.8 Å². The molecule has 0 aromatic carbocycles. The smallest absolute Gasteiger partial charge is 0.312 e. The van der Waals surface area contributed by atoms with E-state index >= 15 is 0 Å². The van der Waals surface area contributed by atoms with Gasteiger partial charge >= 0.3 is 11.9 Å². The van der Waals surface area contributed by atoms with E-state index < -0.39 is 45.9 Å². The Balaban J connectivity index is 1.76. The second kappa shape index (κ2) is 4.12. The zero-order valence-corrected chi connectivity index (χ0v) is 14.3. The summed E-state index contributed by atoms with van der Waals surface area (Å²) in [4.78, 5) is 25.1. The third-order valence-corrected chi connectivity index (χ3v) is 8.49. The van der Waals surface area contributed by atoms with Crippen molar-refractivity contribution in [1.29, 1.82) is 0 Å². The number of hydrogen-bond donors (Lipinski definition) is 3. The van der Waals surface area contributed by atoms with Crippen molar-refractivity contribution in [2.24, 2.45) is 28.6 Å². The molecule has 4 aliphatic carbocycles. The Morgan fingerprint density at radius 2 is 2.08 bits per heavy atom. The molecule has 5 fully saturated rings. The molecule has 6 nitrogen and oxygen atoms in total. The van der Waals surface area contributed by atoms with Crippen molar-refractivity contribution in [1.82, 2.24) is 0 Å². The molecule has 1 spiro atoms. The Kier molecular flexibility index (Phi) is 2.61. The number of aliphatic hydroxyl groups excluding tert-OH is 1. The predicted octanol–water partition coefficient (Wildman–Crippen LogP) is 1.25. The lowest BCUT2D eigenvalue weighted by Crippen LogP contribution is -2.54. The van der Waals surface area contributed by atoms with Crippen LogP contribution in [-0.2, 0) is 14.3 Å². The Labute approximate surface area is 145 Å². The quantitative estimate of drug-likeness (QED) is 0.487. The number of hydrogen-bond acceptors (Lipinski definition) is 5. The molecule has 0 radical (unpaired) electrons. The number of carboxylic acids is 1. The molecule has 0 aromatic heterocycles. The monoisotopic (exact) mass is 348 g/mol. The fourth-order valence-corrected chi connectivity index (χ4v) is 7.66.